The molecule has 0 aromatic carbocycles. The van der Waals surface area contributed by atoms with Gasteiger partial charge < -0.3 is 5.73 Å². The van der Waals surface area contributed by atoms with E-state index < -0.39 is 0 Å². The third-order valence-electron chi connectivity index (χ3n) is 1.52. The molecular weight excluding hydrogens is 156 g/mol. The van der Waals surface area contributed by atoms with Gasteiger partial charge >= 0.3 is 0 Å². The van der Waals surface area contributed by atoms with Crippen LogP contribution in [0.15, 0.2) is 4.99 Å². The van der Waals surface area contributed by atoms with E-state index in [1.54, 1.807) is 0 Å². The monoisotopic (exact) mass is 174 g/mol. The first kappa shape index (κ1) is 10.8. The van der Waals surface area contributed by atoms with Gasteiger partial charge in [0.15, 0.2) is 0 Å². The minimum atomic E-state index is 0.379. The molecule has 0 saturated carbocycles. The van der Waals surface area contributed by atoms with Crippen LogP contribution < -0.4 is 5.73 Å². The molecule has 0 fully saturated rings. The van der Waals surface area contributed by atoms with E-state index in [1.165, 1.54) is 0 Å². The van der Waals surface area contributed by atoms with Crippen molar-refractivity contribution in [1.29, 1.82) is 0 Å². The van der Waals surface area contributed by atoms with Gasteiger partial charge in [0.2, 0.25) is 0 Å². The number of thioether (sulfide) groups is 1. The maximum absolute atomic E-state index is 5.66. The normalized spacial score (nSPS) is 15.5. The van der Waals surface area contributed by atoms with Gasteiger partial charge in [0.25, 0.3) is 0 Å². The maximum atomic E-state index is 5.66. The van der Waals surface area contributed by atoms with E-state index >= 15 is 0 Å². The van der Waals surface area contributed by atoms with Crippen LogP contribution in [-0.4, -0.2) is 23.9 Å². The molecule has 0 spiro atoms. The number of hydrogen-bond acceptors (Lipinski definition) is 2. The van der Waals surface area contributed by atoms with Crippen molar-refractivity contribution < 1.29 is 0 Å². The van der Waals surface area contributed by atoms with E-state index in [1.807, 2.05) is 11.8 Å². The van der Waals surface area contributed by atoms with Crippen LogP contribution >= 0.6 is 11.8 Å². The summed E-state index contributed by atoms with van der Waals surface area (Å²) in [4.78, 5) is 4.27. The van der Waals surface area contributed by atoms with Gasteiger partial charge in [0.05, 0.1) is 12.4 Å². The highest BCUT2D eigenvalue weighted by Gasteiger charge is 2.00. The molecule has 0 aromatic rings. The van der Waals surface area contributed by atoms with E-state index in [4.69, 9.17) is 5.73 Å². The van der Waals surface area contributed by atoms with Gasteiger partial charge in [0, 0.05) is 11.2 Å². The zero-order chi connectivity index (χ0) is 8.85. The lowest BCUT2D eigenvalue weighted by Crippen LogP contribution is -2.20. The van der Waals surface area contributed by atoms with Crippen LogP contribution in [0, 0.1) is 5.92 Å². The minimum absolute atomic E-state index is 0.379. The van der Waals surface area contributed by atoms with Crippen molar-refractivity contribution in [3.05, 3.63) is 0 Å². The Morgan fingerprint density at radius 1 is 1.45 bits per heavy atom. The molecule has 0 aliphatic rings. The maximum Gasteiger partial charge on any atom is 0.0963 e. The van der Waals surface area contributed by atoms with Crippen LogP contribution in [0.4, 0.5) is 0 Å². The Morgan fingerprint density at radius 3 is 2.36 bits per heavy atom. The number of rotatable bonds is 4. The fourth-order valence-electron chi connectivity index (χ4n) is 0.491. The average Bonchev–Trinajstić information content (AvgIpc) is 1.99. The van der Waals surface area contributed by atoms with Gasteiger partial charge in [-0.05, 0) is 6.26 Å². The highest BCUT2D eigenvalue weighted by atomic mass is 32.2. The van der Waals surface area contributed by atoms with Gasteiger partial charge in [-0.3, -0.25) is 4.99 Å². The lowest BCUT2D eigenvalue weighted by atomic mass is 10.2. The molecular formula is C8H18N2S. The standard InChI is InChI=1S/C8H18N2S/c1-6(2)8(9)10-5-7(3)11-4/h6-7H,5H2,1-4H3,(H2,9,10). The molecule has 2 N–H and O–H groups in total. The second-order valence-corrected chi connectivity index (χ2v) is 4.24. The van der Waals surface area contributed by atoms with E-state index in [-0.39, 0.29) is 0 Å². The average molecular weight is 174 g/mol. The van der Waals surface area contributed by atoms with Crippen molar-refractivity contribution in [1.82, 2.24) is 0 Å². The fraction of sp³-hybridized carbons (Fsp3) is 0.875. The lowest BCUT2D eigenvalue weighted by Gasteiger charge is -2.06. The summed E-state index contributed by atoms with van der Waals surface area (Å²) >= 11 is 1.82. The van der Waals surface area contributed by atoms with Crippen molar-refractivity contribution in [2.45, 2.75) is 26.0 Å². The number of hydrogen-bond donors (Lipinski definition) is 1. The van der Waals surface area contributed by atoms with E-state index in [2.05, 4.69) is 32.0 Å². The van der Waals surface area contributed by atoms with Gasteiger partial charge in [-0.15, -0.1) is 0 Å². The fourth-order valence-corrected chi connectivity index (χ4v) is 0.715. The van der Waals surface area contributed by atoms with E-state index in [9.17, 15) is 0 Å². The molecule has 2 nitrogen and oxygen atoms in total. The number of amidine groups is 1. The van der Waals surface area contributed by atoms with Crippen molar-refractivity contribution >= 4 is 17.6 Å². The molecule has 0 amide bonds. The van der Waals surface area contributed by atoms with Gasteiger partial charge in [0.1, 0.15) is 0 Å². The van der Waals surface area contributed by atoms with E-state index in [0.717, 1.165) is 12.4 Å². The molecule has 1 unspecified atom stereocenters. The van der Waals surface area contributed by atoms with Crippen LogP contribution in [0.2, 0.25) is 0 Å². The first-order chi connectivity index (χ1) is 5.07. The molecule has 0 aliphatic carbocycles. The van der Waals surface area contributed by atoms with Crippen LogP contribution in [0.1, 0.15) is 20.8 Å². The summed E-state index contributed by atoms with van der Waals surface area (Å²) in [6.07, 6.45) is 2.09. The Bertz CT molecular complexity index is 132. The first-order valence-corrected chi connectivity index (χ1v) is 5.19. The molecule has 0 aliphatic heterocycles. The Morgan fingerprint density at radius 2 is 2.00 bits per heavy atom. The quantitative estimate of drug-likeness (QED) is 0.521. The highest BCUT2D eigenvalue weighted by Crippen LogP contribution is 2.05. The summed E-state index contributed by atoms with van der Waals surface area (Å²) in [6.45, 7) is 7.11. The minimum Gasteiger partial charge on any atom is -0.387 e. The molecule has 0 rings (SSSR count). The Balaban J connectivity index is 3.72. The van der Waals surface area contributed by atoms with E-state index in [0.29, 0.717) is 11.2 Å². The Hall–Kier alpha value is -0.180. The lowest BCUT2D eigenvalue weighted by molar-refractivity contribution is 0.846. The third kappa shape index (κ3) is 5.13. The SMILES string of the molecule is CSC(C)CN=C(N)C(C)C. The molecule has 3 heteroatoms. The van der Waals surface area contributed by atoms with Crippen LogP contribution in [0.25, 0.3) is 0 Å². The zero-order valence-electron chi connectivity index (χ0n) is 7.79. The number of nitrogens with two attached hydrogens (primary N) is 1. The van der Waals surface area contributed by atoms with Crippen molar-refractivity contribution in [2.24, 2.45) is 16.6 Å². The summed E-state index contributed by atoms with van der Waals surface area (Å²) in [5.41, 5.74) is 5.66. The van der Waals surface area contributed by atoms with Gasteiger partial charge in [-0.2, -0.15) is 11.8 Å². The van der Waals surface area contributed by atoms with Crippen molar-refractivity contribution in [2.75, 3.05) is 12.8 Å². The Labute approximate surface area is 73.7 Å². The van der Waals surface area contributed by atoms with Gasteiger partial charge in [-0.1, -0.05) is 20.8 Å². The Kier molecular flexibility index (Phi) is 5.38. The third-order valence-corrected chi connectivity index (χ3v) is 2.48. The van der Waals surface area contributed by atoms with Crippen LogP contribution in [0.5, 0.6) is 0 Å². The summed E-state index contributed by atoms with van der Waals surface area (Å²) in [6, 6.07) is 0. The molecule has 0 aromatic heterocycles. The predicted octanol–water partition coefficient (Wildman–Crippen LogP) is 1.75. The molecule has 0 bridgehead atoms. The van der Waals surface area contributed by atoms with Crippen LogP contribution in [0.3, 0.4) is 0 Å². The number of nitrogens with zero attached hydrogens (tertiary/aromatic N) is 1. The summed E-state index contributed by atoms with van der Waals surface area (Å²) < 4.78 is 0. The van der Waals surface area contributed by atoms with Crippen molar-refractivity contribution in [3.63, 3.8) is 0 Å². The number of aliphatic imine (C=N–C) groups is 1. The topological polar surface area (TPSA) is 38.4 Å². The molecule has 0 radical (unpaired) electrons. The predicted molar refractivity (Wildman–Crippen MR) is 54.3 cm³/mol. The highest BCUT2D eigenvalue weighted by molar-refractivity contribution is 7.99. The van der Waals surface area contributed by atoms with Crippen molar-refractivity contribution in [3.8, 4) is 0 Å². The smallest absolute Gasteiger partial charge is 0.0963 e. The summed E-state index contributed by atoms with van der Waals surface area (Å²) in [5.74, 6) is 1.15. The summed E-state index contributed by atoms with van der Waals surface area (Å²) in [7, 11) is 0. The van der Waals surface area contributed by atoms with Gasteiger partial charge in [-0.25, -0.2) is 0 Å². The molecule has 1 atom stereocenters. The largest absolute Gasteiger partial charge is 0.387 e. The molecule has 66 valence electrons. The zero-order valence-corrected chi connectivity index (χ0v) is 8.61. The second-order valence-electron chi connectivity index (χ2n) is 2.97. The molecule has 0 saturated heterocycles. The molecule has 11 heavy (non-hydrogen) atoms. The first-order valence-electron chi connectivity index (χ1n) is 3.90. The van der Waals surface area contributed by atoms with Crippen LogP contribution in [-0.2, 0) is 0 Å². The summed E-state index contributed by atoms with van der Waals surface area (Å²) in [5, 5.41) is 0.576. The molecule has 0 heterocycles. The second kappa shape index (κ2) is 5.47.